The molecule has 0 amide bonds. The van der Waals surface area contributed by atoms with E-state index in [0.29, 0.717) is 28.2 Å². The third-order valence-corrected chi connectivity index (χ3v) is 3.23. The van der Waals surface area contributed by atoms with Crippen LogP contribution in [-0.2, 0) is 6.42 Å². The smallest absolute Gasteiger partial charge is 0.258 e. The minimum atomic E-state index is -0.215. The summed E-state index contributed by atoms with van der Waals surface area (Å²) in [5.74, 6) is 0.743. The van der Waals surface area contributed by atoms with E-state index in [-0.39, 0.29) is 11.3 Å². The molecule has 5 heteroatoms. The van der Waals surface area contributed by atoms with Gasteiger partial charge in [-0.3, -0.25) is 4.79 Å². The normalized spacial score (nSPS) is 10.8. The van der Waals surface area contributed by atoms with Crippen LogP contribution in [0.25, 0.3) is 10.9 Å². The maximum absolute atomic E-state index is 12.0. The average Bonchev–Trinajstić information content (AvgIpc) is 2.40. The number of nitrogens with one attached hydrogen (secondary N) is 1. The van der Waals surface area contributed by atoms with Gasteiger partial charge in [-0.25, -0.2) is 4.98 Å². The number of hydrogen-bond donors (Lipinski definition) is 2. The number of aromatic hydroxyl groups is 1. The molecule has 3 aromatic rings. The van der Waals surface area contributed by atoms with E-state index in [0.717, 1.165) is 5.56 Å². The van der Waals surface area contributed by atoms with Crippen LogP contribution < -0.4 is 5.56 Å². The van der Waals surface area contributed by atoms with Gasteiger partial charge < -0.3 is 10.1 Å². The van der Waals surface area contributed by atoms with E-state index in [4.69, 9.17) is 11.6 Å². The average molecular weight is 287 g/mol. The number of phenolic OH excluding ortho intramolecular Hbond substituents is 1. The van der Waals surface area contributed by atoms with E-state index in [2.05, 4.69) is 9.97 Å². The number of halogens is 1. The summed E-state index contributed by atoms with van der Waals surface area (Å²) in [5.41, 5.74) is 1.27. The van der Waals surface area contributed by atoms with Gasteiger partial charge in [0.2, 0.25) is 0 Å². The monoisotopic (exact) mass is 286 g/mol. The van der Waals surface area contributed by atoms with Gasteiger partial charge in [-0.15, -0.1) is 0 Å². The Morgan fingerprint density at radius 2 is 2.05 bits per heavy atom. The zero-order chi connectivity index (χ0) is 14.1. The van der Waals surface area contributed by atoms with Crippen LogP contribution in [0.3, 0.4) is 0 Å². The van der Waals surface area contributed by atoms with Crippen molar-refractivity contribution in [2.24, 2.45) is 0 Å². The van der Waals surface area contributed by atoms with Gasteiger partial charge in [0.1, 0.15) is 11.6 Å². The van der Waals surface area contributed by atoms with Crippen LogP contribution >= 0.6 is 11.6 Å². The van der Waals surface area contributed by atoms with Crippen molar-refractivity contribution in [2.45, 2.75) is 6.42 Å². The summed E-state index contributed by atoms with van der Waals surface area (Å²) in [7, 11) is 0. The minimum absolute atomic E-state index is 0.192. The number of hydrogen-bond acceptors (Lipinski definition) is 3. The van der Waals surface area contributed by atoms with Crippen molar-refractivity contribution < 1.29 is 5.11 Å². The molecule has 3 rings (SSSR count). The highest BCUT2D eigenvalue weighted by molar-refractivity contribution is 6.31. The Morgan fingerprint density at radius 3 is 2.85 bits per heavy atom. The van der Waals surface area contributed by atoms with Crippen molar-refractivity contribution in [1.29, 1.82) is 0 Å². The summed E-state index contributed by atoms with van der Waals surface area (Å²) in [4.78, 5) is 19.2. The molecule has 0 atom stereocenters. The van der Waals surface area contributed by atoms with Gasteiger partial charge in [-0.1, -0.05) is 23.7 Å². The van der Waals surface area contributed by atoms with Gasteiger partial charge in [0.25, 0.3) is 5.56 Å². The number of rotatable bonds is 2. The van der Waals surface area contributed by atoms with Crippen LogP contribution in [0.4, 0.5) is 0 Å². The van der Waals surface area contributed by atoms with E-state index >= 15 is 0 Å². The van der Waals surface area contributed by atoms with E-state index in [1.807, 2.05) is 6.07 Å². The maximum Gasteiger partial charge on any atom is 0.258 e. The molecule has 2 aromatic carbocycles. The van der Waals surface area contributed by atoms with Crippen molar-refractivity contribution in [2.75, 3.05) is 0 Å². The largest absolute Gasteiger partial charge is 0.508 e. The number of benzene rings is 2. The van der Waals surface area contributed by atoms with Gasteiger partial charge >= 0.3 is 0 Å². The standard InChI is InChI=1S/C15H11ClN2O2/c16-10-4-5-13-12(8-10)15(20)18-14(17-13)7-9-2-1-3-11(19)6-9/h1-6,8,19H,7H2,(H,17,18,20). The van der Waals surface area contributed by atoms with Gasteiger partial charge in [0.05, 0.1) is 10.9 Å². The molecule has 0 radical (unpaired) electrons. The van der Waals surface area contributed by atoms with Gasteiger partial charge in [-0.2, -0.15) is 0 Å². The summed E-state index contributed by atoms with van der Waals surface area (Å²) in [6.45, 7) is 0. The topological polar surface area (TPSA) is 66.0 Å². The maximum atomic E-state index is 12.0. The SMILES string of the molecule is O=c1[nH]c(Cc2cccc(O)c2)nc2ccc(Cl)cc12. The molecule has 0 aliphatic carbocycles. The first kappa shape index (κ1) is 12.7. The lowest BCUT2D eigenvalue weighted by Gasteiger charge is -2.04. The van der Waals surface area contributed by atoms with E-state index in [1.54, 1.807) is 36.4 Å². The fourth-order valence-electron chi connectivity index (χ4n) is 2.10. The van der Waals surface area contributed by atoms with Crippen LogP contribution in [-0.4, -0.2) is 15.1 Å². The zero-order valence-electron chi connectivity index (χ0n) is 10.4. The fourth-order valence-corrected chi connectivity index (χ4v) is 2.27. The summed E-state index contributed by atoms with van der Waals surface area (Å²) in [6.07, 6.45) is 0.447. The summed E-state index contributed by atoms with van der Waals surface area (Å²) >= 11 is 5.87. The molecule has 0 aliphatic heterocycles. The number of aromatic amines is 1. The number of phenols is 1. The van der Waals surface area contributed by atoms with Gasteiger partial charge in [0.15, 0.2) is 0 Å². The molecule has 0 spiro atoms. The molecule has 20 heavy (non-hydrogen) atoms. The second kappa shape index (κ2) is 4.98. The second-order valence-electron chi connectivity index (χ2n) is 4.52. The molecule has 1 aromatic heterocycles. The molecule has 0 unspecified atom stereocenters. The Hall–Kier alpha value is -2.33. The molecule has 1 heterocycles. The highest BCUT2D eigenvalue weighted by Gasteiger charge is 2.06. The third kappa shape index (κ3) is 2.51. The van der Waals surface area contributed by atoms with Crippen molar-refractivity contribution >= 4 is 22.5 Å². The molecule has 100 valence electrons. The summed E-state index contributed by atoms with van der Waals surface area (Å²) in [6, 6.07) is 11.9. The summed E-state index contributed by atoms with van der Waals surface area (Å²) < 4.78 is 0. The van der Waals surface area contributed by atoms with Crippen LogP contribution in [0.2, 0.25) is 5.02 Å². The third-order valence-electron chi connectivity index (χ3n) is 3.00. The highest BCUT2D eigenvalue weighted by Crippen LogP contribution is 2.16. The second-order valence-corrected chi connectivity index (χ2v) is 4.96. The molecule has 0 saturated carbocycles. The number of nitrogens with zero attached hydrogens (tertiary/aromatic N) is 1. The number of aromatic nitrogens is 2. The van der Waals surface area contributed by atoms with Crippen LogP contribution in [0, 0.1) is 0 Å². The Morgan fingerprint density at radius 1 is 1.20 bits per heavy atom. The Bertz CT molecular complexity index is 843. The zero-order valence-corrected chi connectivity index (χ0v) is 11.2. The van der Waals surface area contributed by atoms with E-state index in [9.17, 15) is 9.90 Å². The number of H-pyrrole nitrogens is 1. The number of fused-ring (bicyclic) bond motifs is 1. The highest BCUT2D eigenvalue weighted by atomic mass is 35.5. The molecule has 0 fully saturated rings. The lowest BCUT2D eigenvalue weighted by Crippen LogP contribution is -2.12. The van der Waals surface area contributed by atoms with Crippen LogP contribution in [0.1, 0.15) is 11.4 Å². The van der Waals surface area contributed by atoms with Gasteiger partial charge in [0, 0.05) is 11.4 Å². The molecule has 0 bridgehead atoms. The first-order valence-corrected chi connectivity index (χ1v) is 6.46. The lowest BCUT2D eigenvalue weighted by molar-refractivity contribution is 0.474. The Labute approximate surface area is 119 Å². The Kier molecular flexibility index (Phi) is 3.16. The van der Waals surface area contributed by atoms with Crippen molar-refractivity contribution in [3.05, 3.63) is 69.2 Å². The van der Waals surface area contributed by atoms with Crippen molar-refractivity contribution in [1.82, 2.24) is 9.97 Å². The predicted molar refractivity (Wildman–Crippen MR) is 78.3 cm³/mol. The molecule has 0 aliphatic rings. The van der Waals surface area contributed by atoms with Crippen LogP contribution in [0.15, 0.2) is 47.3 Å². The molecular weight excluding hydrogens is 276 g/mol. The van der Waals surface area contributed by atoms with E-state index in [1.165, 1.54) is 0 Å². The van der Waals surface area contributed by atoms with Crippen molar-refractivity contribution in [3.8, 4) is 5.75 Å². The van der Waals surface area contributed by atoms with Gasteiger partial charge in [-0.05, 0) is 35.9 Å². The first-order chi connectivity index (χ1) is 9.61. The first-order valence-electron chi connectivity index (χ1n) is 6.08. The van der Waals surface area contributed by atoms with E-state index < -0.39 is 0 Å². The van der Waals surface area contributed by atoms with Crippen molar-refractivity contribution in [3.63, 3.8) is 0 Å². The predicted octanol–water partition coefficient (Wildman–Crippen LogP) is 2.87. The molecule has 2 N–H and O–H groups in total. The molecular formula is C15H11ClN2O2. The minimum Gasteiger partial charge on any atom is -0.508 e. The van der Waals surface area contributed by atoms with Crippen LogP contribution in [0.5, 0.6) is 5.75 Å². The lowest BCUT2D eigenvalue weighted by atomic mass is 10.1. The molecule has 4 nitrogen and oxygen atoms in total. The fraction of sp³-hybridized carbons (Fsp3) is 0.0667. The quantitative estimate of drug-likeness (QED) is 0.761. The summed E-state index contributed by atoms with van der Waals surface area (Å²) in [5, 5.41) is 10.4. The Balaban J connectivity index is 2.05. The molecule has 0 saturated heterocycles.